The number of nitrogens with zero attached hydrogens (tertiary/aromatic N) is 2. The number of methoxy groups -OCH3 is 2. The Balaban J connectivity index is 1.58. The van der Waals surface area contributed by atoms with Gasteiger partial charge in [-0.3, -0.25) is 20.2 Å². The lowest BCUT2D eigenvalue weighted by atomic mass is 9.52. The van der Waals surface area contributed by atoms with Crippen molar-refractivity contribution in [2.45, 2.75) is 11.8 Å². The number of fused-ring (bicyclic) bond motifs is 1. The second kappa shape index (κ2) is 13.2. The van der Waals surface area contributed by atoms with Crippen LogP contribution in [0.25, 0.3) is 28.6 Å². The first kappa shape index (κ1) is 32.5. The number of carbonyl (C=O) groups excluding carboxylic acids is 3. The molecule has 0 bridgehead atoms. The third-order valence-electron chi connectivity index (χ3n) is 9.98. The van der Waals surface area contributed by atoms with Crippen LogP contribution in [-0.2, 0) is 9.59 Å². The van der Waals surface area contributed by atoms with E-state index in [2.05, 4.69) is 10.6 Å². The van der Waals surface area contributed by atoms with Gasteiger partial charge in [-0.15, -0.1) is 0 Å². The number of aromatic nitrogens is 2. The number of nitrogens with one attached hydrogen (secondary N) is 2. The molecule has 2 atom stereocenters. The monoisotopic (exact) mass is 686 g/mol. The number of carbonyl (C=O) groups is 3. The first-order valence-electron chi connectivity index (χ1n) is 16.9. The van der Waals surface area contributed by atoms with Gasteiger partial charge >= 0.3 is 6.03 Å². The molecule has 256 valence electrons. The second-order valence-corrected chi connectivity index (χ2v) is 12.8. The second-order valence-electron chi connectivity index (χ2n) is 12.8. The fourth-order valence-corrected chi connectivity index (χ4v) is 7.74. The summed E-state index contributed by atoms with van der Waals surface area (Å²) in [5.41, 5.74) is 4.56. The van der Waals surface area contributed by atoms with Crippen molar-refractivity contribution in [3.05, 3.63) is 167 Å². The van der Waals surface area contributed by atoms with Crippen molar-refractivity contribution < 1.29 is 23.9 Å². The molecule has 0 saturated carbocycles. The number of amides is 4. The van der Waals surface area contributed by atoms with Crippen LogP contribution in [0.5, 0.6) is 11.5 Å². The predicted octanol–water partition coefficient (Wildman–Crippen LogP) is 7.38. The normalized spacial score (nSPS) is 18.4. The largest absolute Gasteiger partial charge is 0.497 e. The van der Waals surface area contributed by atoms with E-state index in [0.717, 1.165) is 16.8 Å². The summed E-state index contributed by atoms with van der Waals surface area (Å²) in [6.45, 7) is 0. The average molecular weight is 687 g/mol. The molecular formula is C43H34N4O5. The van der Waals surface area contributed by atoms with Gasteiger partial charge in [0.25, 0.3) is 0 Å². The summed E-state index contributed by atoms with van der Waals surface area (Å²) in [7, 11) is 3.17. The first-order chi connectivity index (χ1) is 25.4. The maximum absolute atomic E-state index is 15.0. The molecule has 0 radical (unpaired) electrons. The Morgan fingerprint density at radius 2 is 1.13 bits per heavy atom. The summed E-state index contributed by atoms with van der Waals surface area (Å²) >= 11 is 0. The summed E-state index contributed by atoms with van der Waals surface area (Å²) < 4.78 is 12.9. The summed E-state index contributed by atoms with van der Waals surface area (Å²) in [6, 6.07) is 43.2. The number of urea groups is 1. The number of para-hydroxylation sites is 1. The number of barbiturate groups is 1. The minimum Gasteiger partial charge on any atom is -0.497 e. The topological polar surface area (TPSA) is 112 Å². The Kier molecular flexibility index (Phi) is 8.23. The van der Waals surface area contributed by atoms with Crippen LogP contribution in [0.2, 0.25) is 0 Å². The Morgan fingerprint density at radius 1 is 0.635 bits per heavy atom. The zero-order valence-electron chi connectivity index (χ0n) is 28.4. The number of hydrogen-bond acceptors (Lipinski definition) is 6. The van der Waals surface area contributed by atoms with Crippen LogP contribution in [0.4, 0.5) is 4.79 Å². The van der Waals surface area contributed by atoms with Crippen molar-refractivity contribution in [2.75, 3.05) is 14.2 Å². The molecule has 6 aromatic rings. The van der Waals surface area contributed by atoms with Gasteiger partial charge in [0.1, 0.15) is 11.5 Å². The molecule has 9 heteroatoms. The molecule has 1 aliphatic heterocycles. The van der Waals surface area contributed by atoms with Crippen LogP contribution in [-0.4, -0.2) is 41.8 Å². The van der Waals surface area contributed by atoms with Crippen LogP contribution < -0.4 is 20.1 Å². The van der Waals surface area contributed by atoms with Crippen molar-refractivity contribution >= 4 is 29.5 Å². The van der Waals surface area contributed by atoms with Gasteiger partial charge in [0.2, 0.25) is 11.8 Å². The minimum absolute atomic E-state index is 0.612. The van der Waals surface area contributed by atoms with Gasteiger partial charge in [-0.2, -0.15) is 5.10 Å². The molecule has 2 unspecified atom stereocenters. The quantitative estimate of drug-likeness (QED) is 0.170. The van der Waals surface area contributed by atoms with E-state index >= 15 is 9.59 Å². The van der Waals surface area contributed by atoms with Crippen LogP contribution in [0.15, 0.2) is 140 Å². The van der Waals surface area contributed by atoms with Crippen molar-refractivity contribution in [1.82, 2.24) is 20.4 Å². The molecule has 2 aliphatic rings. The number of benzene rings is 5. The smallest absolute Gasteiger partial charge is 0.328 e. The summed E-state index contributed by atoms with van der Waals surface area (Å²) in [5, 5.41) is 10.4. The van der Waals surface area contributed by atoms with E-state index in [0.29, 0.717) is 45.2 Å². The molecular weight excluding hydrogens is 652 g/mol. The Morgan fingerprint density at radius 3 is 1.67 bits per heavy atom. The summed E-state index contributed by atoms with van der Waals surface area (Å²) in [4.78, 5) is 43.0. The van der Waals surface area contributed by atoms with E-state index in [9.17, 15) is 4.79 Å². The number of allylic oxidation sites excluding steroid dienone is 1. The molecule has 4 amide bonds. The fourth-order valence-electron chi connectivity index (χ4n) is 7.74. The van der Waals surface area contributed by atoms with Crippen molar-refractivity contribution in [3.8, 4) is 28.4 Å². The molecule has 2 N–H and O–H groups in total. The van der Waals surface area contributed by atoms with Gasteiger partial charge in [-0.1, -0.05) is 103 Å². The Hall–Kier alpha value is -6.74. The molecule has 9 nitrogen and oxygen atoms in total. The van der Waals surface area contributed by atoms with E-state index < -0.39 is 35.1 Å². The molecule has 1 fully saturated rings. The Bertz CT molecular complexity index is 2300. The van der Waals surface area contributed by atoms with E-state index in [1.165, 1.54) is 0 Å². The maximum Gasteiger partial charge on any atom is 0.328 e. The number of imide groups is 2. The highest BCUT2D eigenvalue weighted by Gasteiger charge is 2.66. The average Bonchev–Trinajstić information content (AvgIpc) is 3.58. The van der Waals surface area contributed by atoms with Gasteiger partial charge in [0.15, 0.2) is 5.41 Å². The molecule has 5 aromatic carbocycles. The van der Waals surface area contributed by atoms with Gasteiger partial charge in [-0.25, -0.2) is 9.48 Å². The highest BCUT2D eigenvalue weighted by Crippen LogP contribution is 2.63. The van der Waals surface area contributed by atoms with Gasteiger partial charge in [-0.05, 0) is 64.7 Å². The van der Waals surface area contributed by atoms with Crippen LogP contribution >= 0.6 is 0 Å². The van der Waals surface area contributed by atoms with Gasteiger partial charge in [0.05, 0.1) is 31.3 Å². The maximum atomic E-state index is 15.0. The molecule has 2 heterocycles. The lowest BCUT2D eigenvalue weighted by Gasteiger charge is -2.49. The number of ether oxygens (including phenoxy) is 2. The van der Waals surface area contributed by atoms with Crippen molar-refractivity contribution in [2.24, 2.45) is 5.41 Å². The van der Waals surface area contributed by atoms with Crippen LogP contribution in [0, 0.1) is 5.41 Å². The van der Waals surface area contributed by atoms with Gasteiger partial charge < -0.3 is 9.47 Å². The van der Waals surface area contributed by atoms with E-state index in [-0.39, 0.29) is 0 Å². The highest BCUT2D eigenvalue weighted by molar-refractivity contribution is 6.23. The minimum atomic E-state index is -1.92. The fraction of sp³-hybridized carbons (Fsp3) is 0.116. The zero-order chi connectivity index (χ0) is 35.8. The highest BCUT2D eigenvalue weighted by atomic mass is 16.5. The summed E-state index contributed by atoms with van der Waals surface area (Å²) in [6.07, 6.45) is 1.99. The third-order valence-corrected chi connectivity index (χ3v) is 9.98. The van der Waals surface area contributed by atoms with E-state index in [1.807, 2.05) is 150 Å². The van der Waals surface area contributed by atoms with E-state index in [1.54, 1.807) is 14.2 Å². The third kappa shape index (κ3) is 5.25. The first-order valence-corrected chi connectivity index (χ1v) is 16.9. The molecule has 52 heavy (non-hydrogen) atoms. The van der Waals surface area contributed by atoms with E-state index in [4.69, 9.17) is 14.6 Å². The SMILES string of the molecule is COc1ccc(C2/C(=C/c3ccccc3)c3nn(-c4ccccc4)c(-c4ccccc4)c3C(c3ccc(OC)cc3)C23C(=O)NC(=O)NC3=O)cc1. The molecule has 8 rings (SSSR count). The Labute approximate surface area is 300 Å². The van der Waals surface area contributed by atoms with Crippen molar-refractivity contribution in [3.63, 3.8) is 0 Å². The van der Waals surface area contributed by atoms with Crippen LogP contribution in [0.3, 0.4) is 0 Å². The predicted molar refractivity (Wildman–Crippen MR) is 198 cm³/mol. The summed E-state index contributed by atoms with van der Waals surface area (Å²) in [5.74, 6) is -2.05. The molecule has 1 saturated heterocycles. The standard InChI is InChI=1S/C43H34N4O5/c1-51-32-22-18-28(19-23-32)36-34(26-27-12-6-3-7-13-27)38-35(39(30-14-8-4-9-15-30)47(46-38)31-16-10-5-11-17-31)37(29-20-24-33(52-2)25-21-29)43(36)40(48)44-42(50)45-41(43)49/h3-26,36-37H,1-2H3,(H2,44,45,48,49,50)/b34-26-. The number of rotatable bonds is 7. The molecule has 1 aromatic heterocycles. The lowest BCUT2D eigenvalue weighted by Crippen LogP contribution is -2.67. The zero-order valence-corrected chi connectivity index (χ0v) is 28.4. The van der Waals surface area contributed by atoms with Crippen molar-refractivity contribution in [1.29, 1.82) is 0 Å². The molecule has 1 aliphatic carbocycles. The molecule has 1 spiro atoms. The lowest BCUT2D eigenvalue weighted by molar-refractivity contribution is -0.146. The number of hydrogen-bond donors (Lipinski definition) is 2. The van der Waals surface area contributed by atoms with Gasteiger partial charge in [0, 0.05) is 23.0 Å². The van der Waals surface area contributed by atoms with Crippen LogP contribution in [0.1, 0.15) is 39.8 Å².